The zero-order valence-corrected chi connectivity index (χ0v) is 12.1. The Morgan fingerprint density at radius 3 is 2.65 bits per heavy atom. The highest BCUT2D eigenvalue weighted by Gasteiger charge is 2.24. The second-order valence-corrected chi connectivity index (χ2v) is 7.62. The summed E-state index contributed by atoms with van der Waals surface area (Å²) in [6, 6.07) is 0. The number of hydrogen-bond donors (Lipinski definition) is 1. The molecule has 1 unspecified atom stereocenters. The molecular weight excluding hydrogens is 236 g/mol. The van der Waals surface area contributed by atoms with Crippen LogP contribution in [0.1, 0.15) is 33.1 Å². The van der Waals surface area contributed by atoms with E-state index in [-0.39, 0.29) is 5.92 Å². The van der Waals surface area contributed by atoms with Crippen LogP contribution in [0.4, 0.5) is 0 Å². The number of nitrogens with one attached hydrogen (secondary N) is 1. The van der Waals surface area contributed by atoms with Crippen molar-refractivity contribution < 1.29 is 8.42 Å². The Morgan fingerprint density at radius 2 is 2.12 bits per heavy atom. The van der Waals surface area contributed by atoms with Gasteiger partial charge in [-0.2, -0.15) is 0 Å². The lowest BCUT2D eigenvalue weighted by Gasteiger charge is -2.25. The van der Waals surface area contributed by atoms with Gasteiger partial charge in [-0.05, 0) is 44.2 Å². The van der Waals surface area contributed by atoms with Gasteiger partial charge >= 0.3 is 0 Å². The number of rotatable bonds is 6. The van der Waals surface area contributed by atoms with Crippen molar-refractivity contribution >= 4 is 10.0 Å². The van der Waals surface area contributed by atoms with Crippen molar-refractivity contribution in [3.05, 3.63) is 0 Å². The third kappa shape index (κ3) is 5.36. The molecule has 1 fully saturated rings. The smallest absolute Gasteiger partial charge is 0.214 e. The van der Waals surface area contributed by atoms with E-state index in [0.717, 1.165) is 32.4 Å². The SMILES string of the molecule is CC(C)CCN(C)S(=O)(=O)CC1CCCNC1. The number of nitrogens with zero attached hydrogens (tertiary/aromatic N) is 1. The van der Waals surface area contributed by atoms with E-state index in [9.17, 15) is 8.42 Å². The fraction of sp³-hybridized carbons (Fsp3) is 1.00. The highest BCUT2D eigenvalue weighted by molar-refractivity contribution is 7.89. The fourth-order valence-electron chi connectivity index (χ4n) is 2.07. The molecule has 0 saturated carbocycles. The fourth-order valence-corrected chi connectivity index (χ4v) is 3.59. The van der Waals surface area contributed by atoms with Crippen molar-refractivity contribution in [3.8, 4) is 0 Å². The third-order valence-electron chi connectivity index (χ3n) is 3.34. The second kappa shape index (κ2) is 6.71. The first-order chi connectivity index (χ1) is 7.92. The molecule has 1 aliphatic rings. The van der Waals surface area contributed by atoms with Crippen LogP contribution in [0.2, 0.25) is 0 Å². The van der Waals surface area contributed by atoms with E-state index in [4.69, 9.17) is 0 Å². The lowest BCUT2D eigenvalue weighted by molar-refractivity contribution is 0.385. The van der Waals surface area contributed by atoms with Crippen molar-refractivity contribution in [2.45, 2.75) is 33.1 Å². The molecule has 1 rings (SSSR count). The standard InChI is InChI=1S/C12H26N2O2S/c1-11(2)6-8-14(3)17(15,16)10-12-5-4-7-13-9-12/h11-13H,4-10H2,1-3H3. The van der Waals surface area contributed by atoms with Gasteiger partial charge in [0, 0.05) is 13.6 Å². The zero-order chi connectivity index (χ0) is 12.9. The maximum atomic E-state index is 12.1. The van der Waals surface area contributed by atoms with Crippen LogP contribution in [0.5, 0.6) is 0 Å². The summed E-state index contributed by atoms with van der Waals surface area (Å²) in [5.41, 5.74) is 0. The van der Waals surface area contributed by atoms with Gasteiger partial charge in [0.15, 0.2) is 0 Å². The van der Waals surface area contributed by atoms with Crippen molar-refractivity contribution in [1.29, 1.82) is 0 Å². The van der Waals surface area contributed by atoms with E-state index in [1.807, 2.05) is 0 Å². The van der Waals surface area contributed by atoms with E-state index >= 15 is 0 Å². The molecule has 0 aromatic carbocycles. The van der Waals surface area contributed by atoms with Crippen LogP contribution >= 0.6 is 0 Å². The van der Waals surface area contributed by atoms with E-state index in [0.29, 0.717) is 18.2 Å². The molecule has 0 bridgehead atoms. The van der Waals surface area contributed by atoms with Gasteiger partial charge in [-0.15, -0.1) is 0 Å². The molecule has 0 aromatic rings. The highest BCUT2D eigenvalue weighted by atomic mass is 32.2. The molecule has 0 aliphatic carbocycles. The normalized spacial score (nSPS) is 22.3. The molecule has 1 heterocycles. The molecule has 5 heteroatoms. The Balaban J connectivity index is 2.43. The first-order valence-electron chi connectivity index (χ1n) is 6.56. The molecule has 4 nitrogen and oxygen atoms in total. The molecule has 0 radical (unpaired) electrons. The van der Waals surface area contributed by atoms with Gasteiger partial charge in [-0.25, -0.2) is 12.7 Å². The Bertz CT molecular complexity index is 308. The topological polar surface area (TPSA) is 49.4 Å². The van der Waals surface area contributed by atoms with E-state index in [2.05, 4.69) is 19.2 Å². The summed E-state index contributed by atoms with van der Waals surface area (Å²) in [4.78, 5) is 0. The van der Waals surface area contributed by atoms with Gasteiger partial charge in [0.25, 0.3) is 0 Å². The van der Waals surface area contributed by atoms with Crippen molar-refractivity contribution in [1.82, 2.24) is 9.62 Å². The van der Waals surface area contributed by atoms with Crippen LogP contribution in [-0.4, -0.2) is 45.2 Å². The van der Waals surface area contributed by atoms with Gasteiger partial charge in [0.1, 0.15) is 0 Å². The molecule has 0 aromatic heterocycles. The molecule has 1 saturated heterocycles. The second-order valence-electron chi connectivity index (χ2n) is 5.49. The quantitative estimate of drug-likeness (QED) is 0.785. The lowest BCUT2D eigenvalue weighted by atomic mass is 10.0. The summed E-state index contributed by atoms with van der Waals surface area (Å²) in [6.07, 6.45) is 3.05. The minimum absolute atomic E-state index is 0.287. The molecule has 1 atom stereocenters. The van der Waals surface area contributed by atoms with Crippen LogP contribution in [-0.2, 0) is 10.0 Å². The van der Waals surface area contributed by atoms with Crippen LogP contribution in [0.25, 0.3) is 0 Å². The molecule has 0 amide bonds. The van der Waals surface area contributed by atoms with Crippen LogP contribution in [0.15, 0.2) is 0 Å². The molecular formula is C12H26N2O2S. The Morgan fingerprint density at radius 1 is 1.41 bits per heavy atom. The predicted octanol–water partition coefficient (Wildman–Crippen LogP) is 1.29. The summed E-state index contributed by atoms with van der Waals surface area (Å²) in [6.45, 7) is 6.74. The lowest BCUT2D eigenvalue weighted by Crippen LogP contribution is -2.38. The predicted molar refractivity (Wildman–Crippen MR) is 71.5 cm³/mol. The maximum Gasteiger partial charge on any atom is 0.214 e. The van der Waals surface area contributed by atoms with Crippen LogP contribution < -0.4 is 5.32 Å². The van der Waals surface area contributed by atoms with E-state index < -0.39 is 10.0 Å². The van der Waals surface area contributed by atoms with Crippen molar-refractivity contribution in [2.75, 3.05) is 32.4 Å². The van der Waals surface area contributed by atoms with Gasteiger partial charge in [-0.3, -0.25) is 0 Å². The summed E-state index contributed by atoms with van der Waals surface area (Å²) < 4.78 is 25.7. The Hall–Kier alpha value is -0.130. The molecule has 17 heavy (non-hydrogen) atoms. The zero-order valence-electron chi connectivity index (χ0n) is 11.3. The van der Waals surface area contributed by atoms with Crippen LogP contribution in [0, 0.1) is 11.8 Å². The molecule has 102 valence electrons. The number of sulfonamides is 1. The van der Waals surface area contributed by atoms with E-state index in [1.165, 1.54) is 4.31 Å². The third-order valence-corrected chi connectivity index (χ3v) is 5.37. The summed E-state index contributed by atoms with van der Waals surface area (Å²) >= 11 is 0. The Labute approximate surface area is 106 Å². The first kappa shape index (κ1) is 14.9. The van der Waals surface area contributed by atoms with Gasteiger partial charge in [0.2, 0.25) is 10.0 Å². The minimum atomic E-state index is -3.06. The van der Waals surface area contributed by atoms with Gasteiger partial charge < -0.3 is 5.32 Å². The van der Waals surface area contributed by atoms with Crippen molar-refractivity contribution in [3.63, 3.8) is 0 Å². The highest BCUT2D eigenvalue weighted by Crippen LogP contribution is 2.15. The minimum Gasteiger partial charge on any atom is -0.316 e. The largest absolute Gasteiger partial charge is 0.316 e. The Kier molecular flexibility index (Phi) is 5.89. The maximum absolute atomic E-state index is 12.1. The van der Waals surface area contributed by atoms with Gasteiger partial charge in [0.05, 0.1) is 5.75 Å². The first-order valence-corrected chi connectivity index (χ1v) is 8.17. The summed E-state index contributed by atoms with van der Waals surface area (Å²) in [5, 5.41) is 3.26. The number of hydrogen-bond acceptors (Lipinski definition) is 3. The average molecular weight is 262 g/mol. The summed E-state index contributed by atoms with van der Waals surface area (Å²) in [5.74, 6) is 1.13. The van der Waals surface area contributed by atoms with Gasteiger partial charge in [-0.1, -0.05) is 13.8 Å². The number of piperidine rings is 1. The monoisotopic (exact) mass is 262 g/mol. The molecule has 0 spiro atoms. The van der Waals surface area contributed by atoms with Crippen molar-refractivity contribution in [2.24, 2.45) is 11.8 Å². The van der Waals surface area contributed by atoms with E-state index in [1.54, 1.807) is 7.05 Å². The summed E-state index contributed by atoms with van der Waals surface area (Å²) in [7, 11) is -1.36. The van der Waals surface area contributed by atoms with Crippen LogP contribution in [0.3, 0.4) is 0 Å². The molecule has 1 N–H and O–H groups in total. The average Bonchev–Trinajstić information content (AvgIpc) is 2.26. The molecule has 1 aliphatic heterocycles.